The van der Waals surface area contributed by atoms with E-state index in [9.17, 15) is 22.4 Å². The second-order valence-corrected chi connectivity index (χ2v) is 3.78. The van der Waals surface area contributed by atoms with Crippen LogP contribution in [-0.4, -0.2) is 11.3 Å². The second kappa shape index (κ2) is 4.79. The summed E-state index contributed by atoms with van der Waals surface area (Å²) >= 11 is 0. The van der Waals surface area contributed by atoms with E-state index in [1.807, 2.05) is 0 Å². The van der Waals surface area contributed by atoms with Crippen molar-refractivity contribution in [1.29, 1.82) is 0 Å². The van der Waals surface area contributed by atoms with Crippen LogP contribution in [0.25, 0.3) is 11.1 Å². The van der Waals surface area contributed by atoms with Crippen molar-refractivity contribution in [2.24, 2.45) is 0 Å². The van der Waals surface area contributed by atoms with Gasteiger partial charge in [-0.15, -0.1) is 0 Å². The molecule has 2 nitrogen and oxygen atoms in total. The molecule has 1 aromatic heterocycles. The largest absolute Gasteiger partial charge is 0.433 e. The molecule has 19 heavy (non-hydrogen) atoms. The summed E-state index contributed by atoms with van der Waals surface area (Å²) < 4.78 is 50.1. The smallest absolute Gasteiger partial charge is 0.298 e. The maximum atomic E-state index is 13.1. The molecule has 1 aromatic carbocycles. The Bertz CT molecular complexity index is 605. The summed E-state index contributed by atoms with van der Waals surface area (Å²) in [5.41, 5.74) is -0.368. The van der Waals surface area contributed by atoms with Crippen LogP contribution in [0.2, 0.25) is 0 Å². The van der Waals surface area contributed by atoms with Gasteiger partial charge in [0.1, 0.15) is 11.5 Å². The Labute approximate surface area is 105 Å². The Balaban J connectivity index is 2.40. The number of halogens is 4. The van der Waals surface area contributed by atoms with Gasteiger partial charge in [0.15, 0.2) is 6.29 Å². The molecule has 2 aromatic rings. The van der Waals surface area contributed by atoms with Crippen LogP contribution in [0.15, 0.2) is 36.5 Å². The quantitative estimate of drug-likeness (QED) is 0.614. The Morgan fingerprint density at radius 2 is 1.74 bits per heavy atom. The topological polar surface area (TPSA) is 30.0 Å². The molecule has 0 spiro atoms. The molecule has 6 heteroatoms. The van der Waals surface area contributed by atoms with Gasteiger partial charge in [0.2, 0.25) is 0 Å². The molecule has 0 aliphatic heterocycles. The van der Waals surface area contributed by atoms with Crippen LogP contribution >= 0.6 is 0 Å². The molecular weight excluding hydrogens is 262 g/mol. The molecule has 0 N–H and O–H groups in total. The molecule has 0 saturated heterocycles. The third-order valence-corrected chi connectivity index (χ3v) is 2.51. The third-order valence-electron chi connectivity index (χ3n) is 2.51. The number of nitrogens with zero attached hydrogens (tertiary/aromatic N) is 1. The normalized spacial score (nSPS) is 11.4. The Morgan fingerprint density at radius 1 is 1.05 bits per heavy atom. The monoisotopic (exact) mass is 269 g/mol. The number of hydrogen-bond acceptors (Lipinski definition) is 2. The van der Waals surface area contributed by atoms with E-state index in [1.165, 1.54) is 18.2 Å². The number of alkyl halides is 3. The Morgan fingerprint density at radius 3 is 2.26 bits per heavy atom. The molecule has 0 radical (unpaired) electrons. The summed E-state index contributed by atoms with van der Waals surface area (Å²) in [6.07, 6.45) is -3.13. The van der Waals surface area contributed by atoms with Gasteiger partial charge in [0, 0.05) is 11.8 Å². The number of hydrogen-bond donors (Lipinski definition) is 0. The fourth-order valence-electron chi connectivity index (χ4n) is 1.55. The molecule has 0 unspecified atom stereocenters. The highest BCUT2D eigenvalue weighted by atomic mass is 19.4. The van der Waals surface area contributed by atoms with Crippen molar-refractivity contribution in [3.05, 3.63) is 53.6 Å². The van der Waals surface area contributed by atoms with Gasteiger partial charge in [-0.05, 0) is 23.8 Å². The average Bonchev–Trinajstić information content (AvgIpc) is 2.38. The first-order valence-corrected chi connectivity index (χ1v) is 5.20. The van der Waals surface area contributed by atoms with Crippen LogP contribution in [0.3, 0.4) is 0 Å². The lowest BCUT2D eigenvalue weighted by Crippen LogP contribution is -2.07. The zero-order valence-electron chi connectivity index (χ0n) is 9.41. The van der Waals surface area contributed by atoms with Crippen LogP contribution < -0.4 is 0 Å². The number of pyridine rings is 1. The maximum absolute atomic E-state index is 13.1. The van der Waals surface area contributed by atoms with E-state index in [1.54, 1.807) is 0 Å². The first-order valence-electron chi connectivity index (χ1n) is 5.20. The van der Waals surface area contributed by atoms with Gasteiger partial charge in [-0.1, -0.05) is 12.1 Å². The van der Waals surface area contributed by atoms with Crippen LogP contribution in [-0.2, 0) is 6.18 Å². The number of aldehydes is 1. The summed E-state index contributed by atoms with van der Waals surface area (Å²) in [7, 11) is 0. The summed E-state index contributed by atoms with van der Waals surface area (Å²) in [5.74, 6) is -0.682. The van der Waals surface area contributed by atoms with Crippen molar-refractivity contribution < 1.29 is 22.4 Å². The first-order chi connectivity index (χ1) is 8.91. The molecule has 0 fully saturated rings. The Hall–Kier alpha value is -2.24. The minimum Gasteiger partial charge on any atom is -0.298 e. The highest BCUT2D eigenvalue weighted by molar-refractivity contribution is 5.79. The van der Waals surface area contributed by atoms with E-state index < -0.39 is 17.7 Å². The number of rotatable bonds is 2. The lowest BCUT2D eigenvalue weighted by atomic mass is 10.0. The molecule has 0 saturated carbocycles. The van der Waals surface area contributed by atoms with Gasteiger partial charge in [-0.25, -0.2) is 4.39 Å². The van der Waals surface area contributed by atoms with Crippen molar-refractivity contribution in [2.75, 3.05) is 0 Å². The molecule has 0 aliphatic carbocycles. The number of aromatic nitrogens is 1. The molecule has 0 atom stereocenters. The van der Waals surface area contributed by atoms with Crippen LogP contribution in [0.1, 0.15) is 16.1 Å². The number of benzene rings is 1. The van der Waals surface area contributed by atoms with Gasteiger partial charge < -0.3 is 0 Å². The van der Waals surface area contributed by atoms with E-state index in [2.05, 4.69) is 4.98 Å². The maximum Gasteiger partial charge on any atom is 0.433 e. The van der Waals surface area contributed by atoms with E-state index in [-0.39, 0.29) is 5.56 Å². The van der Waals surface area contributed by atoms with Gasteiger partial charge in [0.25, 0.3) is 0 Å². The minimum atomic E-state index is -4.50. The lowest BCUT2D eigenvalue weighted by Gasteiger charge is -2.07. The molecular formula is C13H7F4NO. The molecule has 0 aliphatic rings. The van der Waals surface area contributed by atoms with Crippen LogP contribution in [0.5, 0.6) is 0 Å². The van der Waals surface area contributed by atoms with Gasteiger partial charge in [-0.2, -0.15) is 13.2 Å². The zero-order chi connectivity index (χ0) is 14.0. The lowest BCUT2D eigenvalue weighted by molar-refractivity contribution is -0.141. The predicted octanol–water partition coefficient (Wildman–Crippen LogP) is 3.72. The zero-order valence-corrected chi connectivity index (χ0v) is 9.41. The van der Waals surface area contributed by atoms with Gasteiger partial charge in [0.05, 0.1) is 5.56 Å². The van der Waals surface area contributed by atoms with Gasteiger partial charge >= 0.3 is 6.18 Å². The number of carbonyl (C=O) groups is 1. The van der Waals surface area contributed by atoms with Crippen LogP contribution in [0, 0.1) is 5.82 Å². The van der Waals surface area contributed by atoms with Crippen molar-refractivity contribution in [3.8, 4) is 11.1 Å². The van der Waals surface area contributed by atoms with Crippen molar-refractivity contribution >= 4 is 6.29 Å². The second-order valence-electron chi connectivity index (χ2n) is 3.78. The summed E-state index contributed by atoms with van der Waals surface area (Å²) in [5, 5.41) is 0. The third kappa shape index (κ3) is 2.78. The molecule has 0 bridgehead atoms. The molecule has 0 amide bonds. The minimum absolute atomic E-state index is 0.155. The van der Waals surface area contributed by atoms with E-state index in [0.717, 1.165) is 18.3 Å². The van der Waals surface area contributed by atoms with Gasteiger partial charge in [-0.3, -0.25) is 9.78 Å². The SMILES string of the molecule is O=Cc1cc(-c2ccc(C(F)(F)F)nc2)ccc1F. The van der Waals surface area contributed by atoms with E-state index in [0.29, 0.717) is 17.4 Å². The van der Waals surface area contributed by atoms with Crippen molar-refractivity contribution in [2.45, 2.75) is 6.18 Å². The summed E-state index contributed by atoms with van der Waals surface area (Å²) in [6, 6.07) is 5.76. The first kappa shape index (κ1) is 13.2. The van der Waals surface area contributed by atoms with Crippen LogP contribution in [0.4, 0.5) is 17.6 Å². The highest BCUT2D eigenvalue weighted by Gasteiger charge is 2.32. The highest BCUT2D eigenvalue weighted by Crippen LogP contribution is 2.29. The molecule has 2 rings (SSSR count). The van der Waals surface area contributed by atoms with Crippen molar-refractivity contribution in [1.82, 2.24) is 4.98 Å². The Kier molecular flexibility index (Phi) is 3.33. The molecule has 1 heterocycles. The standard InChI is InChI=1S/C13H7F4NO/c14-11-3-1-8(5-10(11)7-19)9-2-4-12(18-6-9)13(15,16)17/h1-7H. The van der Waals surface area contributed by atoms with E-state index >= 15 is 0 Å². The van der Waals surface area contributed by atoms with Crippen molar-refractivity contribution in [3.63, 3.8) is 0 Å². The number of carbonyl (C=O) groups excluding carboxylic acids is 1. The average molecular weight is 269 g/mol. The summed E-state index contributed by atoms with van der Waals surface area (Å²) in [4.78, 5) is 13.9. The van der Waals surface area contributed by atoms with E-state index in [4.69, 9.17) is 0 Å². The predicted molar refractivity (Wildman–Crippen MR) is 60.0 cm³/mol. The molecule has 98 valence electrons. The fourth-order valence-corrected chi connectivity index (χ4v) is 1.55. The summed E-state index contributed by atoms with van der Waals surface area (Å²) in [6.45, 7) is 0. The fraction of sp³-hybridized carbons (Fsp3) is 0.0769.